The van der Waals surface area contributed by atoms with Crippen LogP contribution in [0.25, 0.3) is 10.9 Å². The van der Waals surface area contributed by atoms with E-state index in [1.807, 2.05) is 31.2 Å². The van der Waals surface area contributed by atoms with E-state index in [4.69, 9.17) is 9.47 Å². The second-order valence-corrected chi connectivity index (χ2v) is 8.38. The van der Waals surface area contributed by atoms with Crippen molar-refractivity contribution < 1.29 is 29.3 Å². The third-order valence-corrected chi connectivity index (χ3v) is 5.91. The van der Waals surface area contributed by atoms with Crippen LogP contribution in [0.1, 0.15) is 30.9 Å². The van der Waals surface area contributed by atoms with E-state index in [1.165, 1.54) is 7.11 Å². The van der Waals surface area contributed by atoms with Gasteiger partial charge in [0.15, 0.2) is 11.5 Å². The van der Waals surface area contributed by atoms with Gasteiger partial charge in [-0.15, -0.1) is 0 Å². The summed E-state index contributed by atoms with van der Waals surface area (Å²) >= 11 is 0. The number of carboxylic acids is 1. The van der Waals surface area contributed by atoms with E-state index in [0.29, 0.717) is 24.3 Å². The van der Waals surface area contributed by atoms with Crippen molar-refractivity contribution in [3.63, 3.8) is 0 Å². The third kappa shape index (κ3) is 4.34. The van der Waals surface area contributed by atoms with Crippen LogP contribution in [0, 0.1) is 0 Å². The Kier molecular flexibility index (Phi) is 5.69. The number of carbonyl (C=O) groups is 2. The zero-order valence-corrected chi connectivity index (χ0v) is 18.0. The highest BCUT2D eigenvalue weighted by Gasteiger charge is 2.35. The number of aryl methyl sites for hydroxylation is 1. The van der Waals surface area contributed by atoms with E-state index in [1.54, 1.807) is 18.3 Å². The molecule has 1 aliphatic rings. The van der Waals surface area contributed by atoms with Gasteiger partial charge in [0, 0.05) is 29.6 Å². The lowest BCUT2D eigenvalue weighted by atomic mass is 9.89. The molecule has 1 aromatic heterocycles. The highest BCUT2D eigenvalue weighted by molar-refractivity contribution is 5.87. The number of H-pyrrole nitrogens is 1. The second-order valence-electron chi connectivity index (χ2n) is 8.38. The number of phenolic OH excluding ortho intramolecular Hbond substituents is 1. The molecule has 8 nitrogen and oxygen atoms in total. The monoisotopic (exact) mass is 438 g/mol. The molecular weight excluding hydrogens is 412 g/mol. The number of para-hydroxylation sites is 1. The zero-order chi connectivity index (χ0) is 22.9. The summed E-state index contributed by atoms with van der Waals surface area (Å²) in [6, 6.07) is 9.79. The van der Waals surface area contributed by atoms with E-state index >= 15 is 0 Å². The number of methoxy groups -OCH3 is 1. The molecule has 168 valence electrons. The molecule has 1 amide bonds. The Hall–Kier alpha value is -3.68. The average Bonchev–Trinajstić information content (AvgIpc) is 3.15. The van der Waals surface area contributed by atoms with Crippen LogP contribution >= 0.6 is 0 Å². The number of nitrogens with one attached hydrogen (secondary N) is 2. The van der Waals surface area contributed by atoms with Crippen molar-refractivity contribution in [2.45, 2.75) is 44.2 Å². The van der Waals surface area contributed by atoms with Crippen LogP contribution in [0.15, 0.2) is 42.6 Å². The average molecular weight is 438 g/mol. The van der Waals surface area contributed by atoms with Crippen molar-refractivity contribution in [3.8, 4) is 17.2 Å². The molecule has 1 aliphatic heterocycles. The maximum Gasteiger partial charge on any atom is 0.326 e. The number of hydrogen-bond acceptors (Lipinski definition) is 5. The van der Waals surface area contributed by atoms with Gasteiger partial charge in [0.2, 0.25) is 5.91 Å². The van der Waals surface area contributed by atoms with Gasteiger partial charge in [0.05, 0.1) is 13.5 Å². The molecule has 4 N–H and O–H groups in total. The highest BCUT2D eigenvalue weighted by Crippen LogP contribution is 2.41. The Morgan fingerprint density at radius 2 is 2.09 bits per heavy atom. The van der Waals surface area contributed by atoms with E-state index < -0.39 is 23.5 Å². The van der Waals surface area contributed by atoms with Crippen LogP contribution in [-0.2, 0) is 22.4 Å². The lowest BCUT2D eigenvalue weighted by molar-refractivity contribution is -0.142. The summed E-state index contributed by atoms with van der Waals surface area (Å²) in [5.41, 5.74) is 1.78. The molecule has 2 atom stereocenters. The SMILES string of the molecule is COc1cc2c(cc1O)CCC(C)(CC(=O)N[C@@H](Cc1c[nH]c3ccccc13)C(=O)O)O2. The van der Waals surface area contributed by atoms with Crippen LogP contribution in [0.3, 0.4) is 0 Å². The summed E-state index contributed by atoms with van der Waals surface area (Å²) in [6.45, 7) is 1.82. The predicted molar refractivity (Wildman–Crippen MR) is 118 cm³/mol. The molecule has 3 aromatic rings. The first-order valence-electron chi connectivity index (χ1n) is 10.4. The molecule has 1 unspecified atom stereocenters. The molecule has 0 bridgehead atoms. The number of phenols is 1. The maximum absolute atomic E-state index is 12.8. The smallest absolute Gasteiger partial charge is 0.326 e. The van der Waals surface area contributed by atoms with Crippen LogP contribution in [0.4, 0.5) is 0 Å². The van der Waals surface area contributed by atoms with Gasteiger partial charge >= 0.3 is 5.97 Å². The topological polar surface area (TPSA) is 121 Å². The van der Waals surface area contributed by atoms with E-state index in [0.717, 1.165) is 22.0 Å². The van der Waals surface area contributed by atoms with Gasteiger partial charge in [-0.05, 0) is 43.0 Å². The number of carbonyl (C=O) groups excluding carboxylic acids is 1. The number of fused-ring (bicyclic) bond motifs is 2. The summed E-state index contributed by atoms with van der Waals surface area (Å²) in [6.07, 6.45) is 3.13. The first-order valence-corrected chi connectivity index (χ1v) is 10.4. The number of aromatic hydroxyl groups is 1. The summed E-state index contributed by atoms with van der Waals surface area (Å²) < 4.78 is 11.2. The standard InChI is InChI=1S/C24H26N2O6/c1-24(8-7-14-10-19(27)21(31-2)11-20(14)32-24)12-22(28)26-18(23(29)30)9-15-13-25-17-6-4-3-5-16(15)17/h3-6,10-11,13,18,25,27H,7-9,12H2,1-2H3,(H,26,28)(H,29,30)/t18-,24?/m0/s1. The Labute approximate surface area is 185 Å². The third-order valence-electron chi connectivity index (χ3n) is 5.91. The molecule has 32 heavy (non-hydrogen) atoms. The van der Waals surface area contributed by atoms with E-state index in [-0.39, 0.29) is 18.6 Å². The fourth-order valence-corrected chi connectivity index (χ4v) is 4.19. The summed E-state index contributed by atoms with van der Waals surface area (Å²) in [7, 11) is 1.46. The summed E-state index contributed by atoms with van der Waals surface area (Å²) in [5.74, 6) is -0.604. The second kappa shape index (κ2) is 8.45. The molecular formula is C24H26N2O6. The molecule has 0 saturated carbocycles. The quantitative estimate of drug-likeness (QED) is 0.450. The van der Waals surface area contributed by atoms with E-state index in [9.17, 15) is 19.8 Å². The zero-order valence-electron chi connectivity index (χ0n) is 18.0. The molecule has 8 heteroatoms. The van der Waals surface area contributed by atoms with Gasteiger partial charge in [0.1, 0.15) is 17.4 Å². The number of benzene rings is 2. The van der Waals surface area contributed by atoms with Crippen LogP contribution in [0.5, 0.6) is 17.2 Å². The van der Waals surface area contributed by atoms with Gasteiger partial charge in [-0.25, -0.2) is 4.79 Å². The van der Waals surface area contributed by atoms with Gasteiger partial charge in [0.25, 0.3) is 0 Å². The minimum absolute atomic E-state index is 0.00724. The van der Waals surface area contributed by atoms with E-state index in [2.05, 4.69) is 10.3 Å². The van der Waals surface area contributed by atoms with Crippen molar-refractivity contribution in [3.05, 3.63) is 53.7 Å². The number of rotatable bonds is 7. The molecule has 0 fully saturated rings. The largest absolute Gasteiger partial charge is 0.504 e. The summed E-state index contributed by atoms with van der Waals surface area (Å²) in [4.78, 5) is 27.8. The lowest BCUT2D eigenvalue weighted by Crippen LogP contribution is -2.47. The maximum atomic E-state index is 12.8. The van der Waals surface area contributed by atoms with Gasteiger partial charge in [-0.1, -0.05) is 18.2 Å². The van der Waals surface area contributed by atoms with Crippen molar-refractivity contribution in [1.82, 2.24) is 10.3 Å². The lowest BCUT2D eigenvalue weighted by Gasteiger charge is -2.35. The van der Waals surface area contributed by atoms with Crippen LogP contribution < -0.4 is 14.8 Å². The number of aromatic amines is 1. The molecule has 0 radical (unpaired) electrons. The van der Waals surface area contributed by atoms with Crippen molar-refractivity contribution in [1.29, 1.82) is 0 Å². The Morgan fingerprint density at radius 3 is 2.84 bits per heavy atom. The first kappa shape index (κ1) is 21.5. The van der Waals surface area contributed by atoms with Crippen LogP contribution in [-0.4, -0.2) is 45.8 Å². The predicted octanol–water partition coefficient (Wildman–Crippen LogP) is 3.17. The molecule has 4 rings (SSSR count). The molecule has 0 saturated heterocycles. The number of amides is 1. The summed E-state index contributed by atoms with van der Waals surface area (Å²) in [5, 5.41) is 23.2. The molecule has 0 aliphatic carbocycles. The number of carboxylic acid groups (broad SMARTS) is 1. The van der Waals surface area contributed by atoms with Crippen molar-refractivity contribution in [2.75, 3.05) is 7.11 Å². The fourth-order valence-electron chi connectivity index (χ4n) is 4.19. The normalized spacial score (nSPS) is 18.4. The van der Waals surface area contributed by atoms with Gasteiger partial charge in [-0.2, -0.15) is 0 Å². The van der Waals surface area contributed by atoms with Crippen LogP contribution in [0.2, 0.25) is 0 Å². The van der Waals surface area contributed by atoms with Gasteiger partial charge in [-0.3, -0.25) is 4.79 Å². The molecule has 0 spiro atoms. The Bertz CT molecular complexity index is 1170. The molecule has 2 heterocycles. The van der Waals surface area contributed by atoms with Crippen molar-refractivity contribution in [2.24, 2.45) is 0 Å². The Morgan fingerprint density at radius 1 is 1.31 bits per heavy atom. The number of aliphatic carboxylic acids is 1. The van der Waals surface area contributed by atoms with Gasteiger partial charge < -0.3 is 30.0 Å². The minimum Gasteiger partial charge on any atom is -0.504 e. The fraction of sp³-hybridized carbons (Fsp3) is 0.333. The molecule has 2 aromatic carbocycles. The Balaban J connectivity index is 1.45. The number of aromatic nitrogens is 1. The first-order chi connectivity index (χ1) is 15.3. The number of hydrogen-bond donors (Lipinski definition) is 4. The number of ether oxygens (including phenoxy) is 2. The van der Waals surface area contributed by atoms with Crippen molar-refractivity contribution >= 4 is 22.8 Å². The highest BCUT2D eigenvalue weighted by atomic mass is 16.5. The minimum atomic E-state index is -1.09.